The summed E-state index contributed by atoms with van der Waals surface area (Å²) in [4.78, 5) is 15.3. The molecule has 24 heavy (non-hydrogen) atoms. The summed E-state index contributed by atoms with van der Waals surface area (Å²) in [6.07, 6.45) is 4.06. The van der Waals surface area contributed by atoms with E-state index in [1.165, 1.54) is 0 Å². The van der Waals surface area contributed by atoms with E-state index in [9.17, 15) is 4.79 Å². The molecule has 2 aromatic rings. The fourth-order valence-corrected chi connectivity index (χ4v) is 3.59. The van der Waals surface area contributed by atoms with Crippen molar-refractivity contribution >= 4 is 5.91 Å². The number of hydrogen-bond donors (Lipinski definition) is 1. The Morgan fingerprint density at radius 1 is 1.33 bits per heavy atom. The zero-order chi connectivity index (χ0) is 17.3. The van der Waals surface area contributed by atoms with Crippen LogP contribution in [-0.2, 0) is 0 Å². The third-order valence-electron chi connectivity index (χ3n) is 4.97. The van der Waals surface area contributed by atoms with E-state index >= 15 is 0 Å². The summed E-state index contributed by atoms with van der Waals surface area (Å²) in [6, 6.07) is 8.00. The lowest BCUT2D eigenvalue weighted by Crippen LogP contribution is -2.51. The molecule has 5 nitrogen and oxygen atoms in total. The van der Waals surface area contributed by atoms with E-state index in [4.69, 9.17) is 5.73 Å². The Labute approximate surface area is 143 Å². The molecule has 1 aliphatic heterocycles. The predicted octanol–water partition coefficient (Wildman–Crippen LogP) is 2.69. The number of likely N-dealkylation sites (tertiary alicyclic amines) is 1. The standard InChI is InChI=1S/C19H26N4O/c1-13-6-7-17(23-10-8-15(3)21-23)16(11-13)19(24)22-9-4-5-14(2)18(22)12-20/h6-8,10-11,14,18H,4-5,9,12,20H2,1-3H3. The monoisotopic (exact) mass is 326 g/mol. The van der Waals surface area contributed by atoms with Crippen LogP contribution in [-0.4, -0.2) is 39.7 Å². The van der Waals surface area contributed by atoms with Gasteiger partial charge < -0.3 is 10.6 Å². The second kappa shape index (κ2) is 6.77. The Bertz CT molecular complexity index is 737. The zero-order valence-electron chi connectivity index (χ0n) is 14.7. The maximum Gasteiger partial charge on any atom is 0.256 e. The number of hydrogen-bond acceptors (Lipinski definition) is 3. The van der Waals surface area contributed by atoms with Crippen molar-refractivity contribution in [3.05, 3.63) is 47.3 Å². The fourth-order valence-electron chi connectivity index (χ4n) is 3.59. The first-order chi connectivity index (χ1) is 11.5. The smallest absolute Gasteiger partial charge is 0.256 e. The van der Waals surface area contributed by atoms with Crippen LogP contribution in [0.15, 0.2) is 30.5 Å². The minimum absolute atomic E-state index is 0.0591. The minimum atomic E-state index is 0.0591. The quantitative estimate of drug-likeness (QED) is 0.943. The van der Waals surface area contributed by atoms with Crippen LogP contribution in [0.4, 0.5) is 0 Å². The van der Waals surface area contributed by atoms with Crippen molar-refractivity contribution in [3.63, 3.8) is 0 Å². The van der Waals surface area contributed by atoms with Gasteiger partial charge in [-0.3, -0.25) is 4.79 Å². The van der Waals surface area contributed by atoms with Crippen molar-refractivity contribution in [1.82, 2.24) is 14.7 Å². The molecule has 1 fully saturated rings. The maximum absolute atomic E-state index is 13.3. The Morgan fingerprint density at radius 2 is 2.12 bits per heavy atom. The lowest BCUT2D eigenvalue weighted by Gasteiger charge is -2.39. The Hall–Kier alpha value is -2.14. The van der Waals surface area contributed by atoms with Crippen molar-refractivity contribution in [2.24, 2.45) is 11.7 Å². The molecule has 0 spiro atoms. The van der Waals surface area contributed by atoms with Crippen LogP contribution in [0.1, 0.15) is 41.4 Å². The molecule has 0 saturated carbocycles. The van der Waals surface area contributed by atoms with E-state index in [1.807, 2.05) is 49.2 Å². The minimum Gasteiger partial charge on any atom is -0.334 e. The van der Waals surface area contributed by atoms with Gasteiger partial charge in [0, 0.05) is 25.3 Å². The highest BCUT2D eigenvalue weighted by molar-refractivity contribution is 5.98. The third kappa shape index (κ3) is 3.08. The normalized spacial score (nSPS) is 21.1. The highest BCUT2D eigenvalue weighted by Crippen LogP contribution is 2.26. The van der Waals surface area contributed by atoms with Gasteiger partial charge in [0.05, 0.1) is 16.9 Å². The van der Waals surface area contributed by atoms with Gasteiger partial charge in [-0.2, -0.15) is 5.10 Å². The Morgan fingerprint density at radius 3 is 2.79 bits per heavy atom. The average Bonchev–Trinajstić information content (AvgIpc) is 3.00. The van der Waals surface area contributed by atoms with Gasteiger partial charge in [-0.1, -0.05) is 18.6 Å². The van der Waals surface area contributed by atoms with E-state index in [2.05, 4.69) is 12.0 Å². The van der Waals surface area contributed by atoms with E-state index in [1.54, 1.807) is 4.68 Å². The number of nitrogens with zero attached hydrogens (tertiary/aromatic N) is 3. The van der Waals surface area contributed by atoms with Crippen LogP contribution < -0.4 is 5.73 Å². The van der Waals surface area contributed by atoms with Crippen LogP contribution in [0.2, 0.25) is 0 Å². The second-order valence-corrected chi connectivity index (χ2v) is 6.84. The van der Waals surface area contributed by atoms with E-state index in [0.717, 1.165) is 36.3 Å². The van der Waals surface area contributed by atoms with Crippen LogP contribution in [0.5, 0.6) is 0 Å². The molecule has 0 aliphatic carbocycles. The van der Waals surface area contributed by atoms with Crippen molar-refractivity contribution in [3.8, 4) is 5.69 Å². The van der Waals surface area contributed by atoms with Gasteiger partial charge in [0.15, 0.2) is 0 Å². The molecule has 2 N–H and O–H groups in total. The van der Waals surface area contributed by atoms with E-state index in [-0.39, 0.29) is 11.9 Å². The highest BCUT2D eigenvalue weighted by Gasteiger charge is 2.32. The summed E-state index contributed by atoms with van der Waals surface area (Å²) in [5, 5.41) is 4.47. The summed E-state index contributed by atoms with van der Waals surface area (Å²) < 4.78 is 1.78. The molecule has 2 heterocycles. The third-order valence-corrected chi connectivity index (χ3v) is 4.97. The summed E-state index contributed by atoms with van der Waals surface area (Å²) >= 11 is 0. The molecule has 3 rings (SSSR count). The molecule has 1 amide bonds. The van der Waals surface area contributed by atoms with Crippen molar-refractivity contribution in [1.29, 1.82) is 0 Å². The molecule has 2 atom stereocenters. The summed E-state index contributed by atoms with van der Waals surface area (Å²) in [5.41, 5.74) is 9.50. The Balaban J connectivity index is 2.01. The molecular weight excluding hydrogens is 300 g/mol. The first-order valence-corrected chi connectivity index (χ1v) is 8.65. The number of aromatic nitrogens is 2. The number of aryl methyl sites for hydroxylation is 2. The lowest BCUT2D eigenvalue weighted by molar-refractivity contribution is 0.0532. The second-order valence-electron chi connectivity index (χ2n) is 6.84. The number of piperidine rings is 1. The Kier molecular flexibility index (Phi) is 4.71. The average molecular weight is 326 g/mol. The number of carbonyl (C=O) groups excluding carboxylic acids is 1. The van der Waals surface area contributed by atoms with Gasteiger partial charge in [0.25, 0.3) is 5.91 Å². The van der Waals surface area contributed by atoms with Crippen LogP contribution in [0.3, 0.4) is 0 Å². The number of nitrogens with two attached hydrogens (primary N) is 1. The molecular formula is C19H26N4O. The first kappa shape index (κ1) is 16.7. The van der Waals surface area contributed by atoms with Crippen LogP contribution in [0.25, 0.3) is 5.69 Å². The van der Waals surface area contributed by atoms with Crippen molar-refractivity contribution in [2.75, 3.05) is 13.1 Å². The van der Waals surface area contributed by atoms with Gasteiger partial charge in [-0.15, -0.1) is 0 Å². The molecule has 5 heteroatoms. The molecule has 1 aromatic heterocycles. The lowest BCUT2D eigenvalue weighted by atomic mass is 9.90. The van der Waals surface area contributed by atoms with Crippen molar-refractivity contribution in [2.45, 2.75) is 39.7 Å². The van der Waals surface area contributed by atoms with Crippen molar-refractivity contribution < 1.29 is 4.79 Å². The molecule has 1 aliphatic rings. The summed E-state index contributed by atoms with van der Waals surface area (Å²) in [6.45, 7) is 7.42. The SMILES string of the molecule is Cc1ccc(-n2ccc(C)n2)c(C(=O)N2CCCC(C)C2CN)c1. The first-order valence-electron chi connectivity index (χ1n) is 8.65. The van der Waals surface area contributed by atoms with Crippen LogP contribution in [0, 0.1) is 19.8 Å². The predicted molar refractivity (Wildman–Crippen MR) is 95.3 cm³/mol. The molecule has 0 radical (unpaired) electrons. The highest BCUT2D eigenvalue weighted by atomic mass is 16.2. The van der Waals surface area contributed by atoms with Gasteiger partial charge in [-0.25, -0.2) is 4.68 Å². The zero-order valence-corrected chi connectivity index (χ0v) is 14.7. The number of carbonyl (C=O) groups is 1. The summed E-state index contributed by atoms with van der Waals surface area (Å²) in [5.74, 6) is 0.497. The number of benzene rings is 1. The molecule has 0 bridgehead atoms. The van der Waals surface area contributed by atoms with Crippen LogP contribution >= 0.6 is 0 Å². The number of amides is 1. The van der Waals surface area contributed by atoms with E-state index in [0.29, 0.717) is 18.0 Å². The molecule has 2 unspecified atom stereocenters. The maximum atomic E-state index is 13.3. The number of rotatable bonds is 3. The fraction of sp³-hybridized carbons (Fsp3) is 0.474. The van der Waals surface area contributed by atoms with Gasteiger partial charge in [0.2, 0.25) is 0 Å². The summed E-state index contributed by atoms with van der Waals surface area (Å²) in [7, 11) is 0. The van der Waals surface area contributed by atoms with Gasteiger partial charge in [0.1, 0.15) is 0 Å². The topological polar surface area (TPSA) is 64.2 Å². The van der Waals surface area contributed by atoms with Gasteiger partial charge in [-0.05, 0) is 50.8 Å². The molecule has 1 aromatic carbocycles. The van der Waals surface area contributed by atoms with Gasteiger partial charge >= 0.3 is 0 Å². The largest absolute Gasteiger partial charge is 0.334 e. The molecule has 1 saturated heterocycles. The van der Waals surface area contributed by atoms with E-state index < -0.39 is 0 Å². The molecule has 128 valence electrons.